The fraction of sp³-hybridized carbons (Fsp3) is 0.348. The largest absolute Gasteiger partial charge is 0.368 e. The minimum atomic E-state index is -0.386. The zero-order valence-corrected chi connectivity index (χ0v) is 18.0. The molecule has 0 saturated carbocycles. The summed E-state index contributed by atoms with van der Waals surface area (Å²) in [5, 5.41) is 3.17. The molecule has 0 aliphatic carbocycles. The van der Waals surface area contributed by atoms with Crippen LogP contribution in [0.25, 0.3) is 0 Å². The minimum absolute atomic E-state index is 0.0244. The molecular weight excluding hydrogens is 416 g/mol. The van der Waals surface area contributed by atoms with E-state index in [9.17, 15) is 14.4 Å². The number of carbonyl (C=O) groups is 3. The number of rotatable bonds is 5. The van der Waals surface area contributed by atoms with E-state index in [0.717, 1.165) is 25.2 Å². The fourth-order valence-corrected chi connectivity index (χ4v) is 4.21. The van der Waals surface area contributed by atoms with E-state index in [0.29, 0.717) is 42.3 Å². The molecule has 0 atom stereocenters. The number of nitrogens with one attached hydrogen (secondary N) is 1. The Morgan fingerprint density at radius 2 is 1.71 bits per heavy atom. The van der Waals surface area contributed by atoms with Crippen molar-refractivity contribution in [3.05, 3.63) is 59.1 Å². The second-order valence-electron chi connectivity index (χ2n) is 7.70. The molecule has 8 heteroatoms. The SMILES string of the molecule is O=C(NCC(=O)N1CCN(c2ccccc2)CC1)c1ccc(Cl)cc1N1CCCC1=O. The number of piperazine rings is 1. The monoisotopic (exact) mass is 440 g/mol. The summed E-state index contributed by atoms with van der Waals surface area (Å²) >= 11 is 6.10. The van der Waals surface area contributed by atoms with Crippen LogP contribution in [-0.2, 0) is 9.59 Å². The van der Waals surface area contributed by atoms with E-state index in [4.69, 9.17) is 11.6 Å². The van der Waals surface area contributed by atoms with E-state index < -0.39 is 0 Å². The van der Waals surface area contributed by atoms with Gasteiger partial charge in [-0.05, 0) is 36.8 Å². The van der Waals surface area contributed by atoms with Gasteiger partial charge in [-0.3, -0.25) is 14.4 Å². The van der Waals surface area contributed by atoms with Crippen molar-refractivity contribution in [1.82, 2.24) is 10.2 Å². The number of amides is 3. The zero-order chi connectivity index (χ0) is 21.8. The van der Waals surface area contributed by atoms with Crippen LogP contribution in [0.15, 0.2) is 48.5 Å². The lowest BCUT2D eigenvalue weighted by molar-refractivity contribution is -0.130. The number of halogens is 1. The number of nitrogens with zero attached hydrogens (tertiary/aromatic N) is 3. The third-order valence-electron chi connectivity index (χ3n) is 5.72. The van der Waals surface area contributed by atoms with Crippen molar-refractivity contribution >= 4 is 40.7 Å². The van der Waals surface area contributed by atoms with Crippen LogP contribution in [0, 0.1) is 0 Å². The van der Waals surface area contributed by atoms with E-state index >= 15 is 0 Å². The van der Waals surface area contributed by atoms with Crippen molar-refractivity contribution in [3.63, 3.8) is 0 Å². The molecule has 0 spiro atoms. The predicted molar refractivity (Wildman–Crippen MR) is 121 cm³/mol. The van der Waals surface area contributed by atoms with Gasteiger partial charge < -0.3 is 20.0 Å². The van der Waals surface area contributed by atoms with Crippen molar-refractivity contribution in [3.8, 4) is 0 Å². The molecule has 0 unspecified atom stereocenters. The van der Waals surface area contributed by atoms with Crippen molar-refractivity contribution in [2.45, 2.75) is 12.8 Å². The average molecular weight is 441 g/mol. The predicted octanol–water partition coefficient (Wildman–Crippen LogP) is 2.55. The Morgan fingerprint density at radius 1 is 0.968 bits per heavy atom. The zero-order valence-electron chi connectivity index (χ0n) is 17.2. The van der Waals surface area contributed by atoms with E-state index in [1.54, 1.807) is 28.0 Å². The van der Waals surface area contributed by atoms with Crippen molar-refractivity contribution in [2.24, 2.45) is 0 Å². The Hall–Kier alpha value is -3.06. The molecule has 2 saturated heterocycles. The van der Waals surface area contributed by atoms with Gasteiger partial charge in [-0.1, -0.05) is 29.8 Å². The summed E-state index contributed by atoms with van der Waals surface area (Å²) in [5.74, 6) is -0.528. The number of carbonyl (C=O) groups excluding carboxylic acids is 3. The first kappa shape index (κ1) is 21.2. The second kappa shape index (κ2) is 9.39. The van der Waals surface area contributed by atoms with Crippen LogP contribution < -0.4 is 15.1 Å². The van der Waals surface area contributed by atoms with E-state index in [1.165, 1.54) is 0 Å². The van der Waals surface area contributed by atoms with Crippen molar-refractivity contribution < 1.29 is 14.4 Å². The highest BCUT2D eigenvalue weighted by Gasteiger charge is 2.27. The van der Waals surface area contributed by atoms with Gasteiger partial charge in [0.25, 0.3) is 5.91 Å². The molecule has 3 amide bonds. The summed E-state index contributed by atoms with van der Waals surface area (Å²) in [4.78, 5) is 43.2. The number of anilines is 2. The van der Waals surface area contributed by atoms with Crippen molar-refractivity contribution in [2.75, 3.05) is 49.1 Å². The van der Waals surface area contributed by atoms with Crippen LogP contribution in [-0.4, -0.2) is 61.9 Å². The van der Waals surface area contributed by atoms with Gasteiger partial charge in [0.15, 0.2) is 0 Å². The highest BCUT2D eigenvalue weighted by Crippen LogP contribution is 2.28. The normalized spacial score (nSPS) is 16.5. The first-order valence-electron chi connectivity index (χ1n) is 10.5. The molecule has 2 aliphatic rings. The average Bonchev–Trinajstić information content (AvgIpc) is 3.23. The molecule has 0 bridgehead atoms. The maximum Gasteiger partial charge on any atom is 0.253 e. The van der Waals surface area contributed by atoms with Crippen LogP contribution >= 0.6 is 11.6 Å². The highest BCUT2D eigenvalue weighted by atomic mass is 35.5. The molecule has 31 heavy (non-hydrogen) atoms. The van der Waals surface area contributed by atoms with Crippen LogP contribution in [0.4, 0.5) is 11.4 Å². The third kappa shape index (κ3) is 4.82. The molecule has 2 aliphatic heterocycles. The molecular formula is C23H25ClN4O3. The summed E-state index contributed by atoms with van der Waals surface area (Å²) in [6, 6.07) is 15.0. The van der Waals surface area contributed by atoms with Gasteiger partial charge in [-0.15, -0.1) is 0 Å². The highest BCUT2D eigenvalue weighted by molar-refractivity contribution is 6.31. The summed E-state index contributed by atoms with van der Waals surface area (Å²) in [5.41, 5.74) is 1.99. The van der Waals surface area contributed by atoms with E-state index in [1.807, 2.05) is 18.2 Å². The Labute approximate surface area is 186 Å². The maximum absolute atomic E-state index is 12.8. The molecule has 4 rings (SSSR count). The molecule has 1 N–H and O–H groups in total. The third-order valence-corrected chi connectivity index (χ3v) is 5.96. The fourth-order valence-electron chi connectivity index (χ4n) is 4.04. The van der Waals surface area contributed by atoms with Crippen LogP contribution in [0.2, 0.25) is 5.02 Å². The number of para-hydroxylation sites is 1. The first-order chi connectivity index (χ1) is 15.0. The lowest BCUT2D eigenvalue weighted by Crippen LogP contribution is -2.51. The lowest BCUT2D eigenvalue weighted by Gasteiger charge is -2.36. The van der Waals surface area contributed by atoms with Gasteiger partial charge >= 0.3 is 0 Å². The summed E-state index contributed by atoms with van der Waals surface area (Å²) in [6.07, 6.45) is 1.21. The summed E-state index contributed by atoms with van der Waals surface area (Å²) in [6.45, 7) is 3.20. The number of benzene rings is 2. The molecule has 162 valence electrons. The summed E-state index contributed by atoms with van der Waals surface area (Å²) in [7, 11) is 0. The van der Waals surface area contributed by atoms with Crippen molar-refractivity contribution in [1.29, 1.82) is 0 Å². The first-order valence-corrected chi connectivity index (χ1v) is 10.9. The number of hydrogen-bond donors (Lipinski definition) is 1. The molecule has 2 fully saturated rings. The van der Waals surface area contributed by atoms with Crippen LogP contribution in [0.1, 0.15) is 23.2 Å². The molecule has 0 radical (unpaired) electrons. The van der Waals surface area contributed by atoms with Gasteiger partial charge in [0.05, 0.1) is 17.8 Å². The van der Waals surface area contributed by atoms with Gasteiger partial charge in [-0.25, -0.2) is 0 Å². The Kier molecular flexibility index (Phi) is 6.42. The Balaban J connectivity index is 1.34. The second-order valence-corrected chi connectivity index (χ2v) is 8.13. The Bertz CT molecular complexity index is 974. The van der Waals surface area contributed by atoms with Crippen LogP contribution in [0.5, 0.6) is 0 Å². The van der Waals surface area contributed by atoms with Crippen LogP contribution in [0.3, 0.4) is 0 Å². The van der Waals surface area contributed by atoms with Gasteiger partial charge in [0, 0.05) is 49.9 Å². The minimum Gasteiger partial charge on any atom is -0.368 e. The van der Waals surface area contributed by atoms with Gasteiger partial charge in [-0.2, -0.15) is 0 Å². The van der Waals surface area contributed by atoms with Gasteiger partial charge in [0.1, 0.15) is 0 Å². The molecule has 7 nitrogen and oxygen atoms in total. The topological polar surface area (TPSA) is 73.0 Å². The summed E-state index contributed by atoms with van der Waals surface area (Å²) < 4.78 is 0. The molecule has 2 aromatic rings. The molecule has 2 heterocycles. The molecule has 0 aromatic heterocycles. The number of hydrogen-bond acceptors (Lipinski definition) is 4. The Morgan fingerprint density at radius 3 is 2.39 bits per heavy atom. The quantitative estimate of drug-likeness (QED) is 0.775. The standard InChI is InChI=1S/C23H25ClN4O3/c24-17-8-9-19(20(15-17)28-10-4-7-21(28)29)23(31)25-16-22(30)27-13-11-26(12-14-27)18-5-2-1-3-6-18/h1-3,5-6,8-9,15H,4,7,10-14,16H2,(H,25,31). The van der Waals surface area contributed by atoms with E-state index in [-0.39, 0.29) is 24.3 Å². The van der Waals surface area contributed by atoms with Gasteiger partial charge in [0.2, 0.25) is 11.8 Å². The molecule has 2 aromatic carbocycles. The van der Waals surface area contributed by atoms with E-state index in [2.05, 4.69) is 22.3 Å². The smallest absolute Gasteiger partial charge is 0.253 e. The maximum atomic E-state index is 12.8. The lowest BCUT2D eigenvalue weighted by atomic mass is 10.1.